The molecule has 0 aliphatic heterocycles. The van der Waals surface area contributed by atoms with E-state index in [2.05, 4.69) is 37.2 Å². The summed E-state index contributed by atoms with van der Waals surface area (Å²) in [5.41, 5.74) is 0.112. The number of rotatable bonds is 5. The molecule has 0 aliphatic rings. The number of nitrogens with zero attached hydrogens (tertiary/aromatic N) is 2. The second-order valence-corrected chi connectivity index (χ2v) is 7.64. The molecule has 3 rings (SSSR count). The zero-order chi connectivity index (χ0) is 21.8. The predicted octanol–water partition coefficient (Wildman–Crippen LogP) is 6.06. The first-order chi connectivity index (χ1) is 14.3. The van der Waals surface area contributed by atoms with Crippen LogP contribution in [-0.4, -0.2) is 10.8 Å². The monoisotopic (exact) mass is 533 g/mol. The molecule has 1 aromatic heterocycles. The van der Waals surface area contributed by atoms with Crippen molar-refractivity contribution in [1.29, 1.82) is 5.26 Å². The fourth-order valence-electron chi connectivity index (χ4n) is 2.46. The summed E-state index contributed by atoms with van der Waals surface area (Å²) in [6, 6.07) is 13.2. The Morgan fingerprint density at radius 3 is 2.60 bits per heavy atom. The van der Waals surface area contributed by atoms with E-state index in [0.29, 0.717) is 20.3 Å². The van der Waals surface area contributed by atoms with Crippen molar-refractivity contribution in [2.45, 2.75) is 0 Å². The lowest BCUT2D eigenvalue weighted by atomic mass is 10.1. The van der Waals surface area contributed by atoms with Crippen LogP contribution in [0.5, 0.6) is 0 Å². The molecule has 1 N–H and O–H groups in total. The highest BCUT2D eigenvalue weighted by atomic mass is 79.9. The summed E-state index contributed by atoms with van der Waals surface area (Å²) in [7, 11) is 0. The molecule has 0 saturated carbocycles. The second-order valence-electron chi connectivity index (χ2n) is 5.87. The molecule has 0 radical (unpaired) electrons. The third kappa shape index (κ3) is 4.82. The standard InChI is InChI=1S/C20H10Br2FN3O4/c21-12-1-5-18(17(23)8-12)25-20(27)11(10-24)7-14-3-6-19(30-14)15-4-2-13(26(28)29)9-16(15)22/h1-9H,(H,25,27)/b11-7+. The van der Waals surface area contributed by atoms with Gasteiger partial charge < -0.3 is 9.73 Å². The van der Waals surface area contributed by atoms with Gasteiger partial charge in [0.2, 0.25) is 0 Å². The molecule has 3 aromatic rings. The van der Waals surface area contributed by atoms with Crippen LogP contribution >= 0.6 is 31.9 Å². The molecule has 1 heterocycles. The molecule has 0 bridgehead atoms. The second kappa shape index (κ2) is 9.02. The van der Waals surface area contributed by atoms with Crippen LogP contribution in [0.2, 0.25) is 0 Å². The summed E-state index contributed by atoms with van der Waals surface area (Å²) in [5.74, 6) is -0.871. The highest BCUT2D eigenvalue weighted by Gasteiger charge is 2.15. The van der Waals surface area contributed by atoms with Gasteiger partial charge in [-0.2, -0.15) is 5.26 Å². The van der Waals surface area contributed by atoms with Gasteiger partial charge in [0.05, 0.1) is 10.6 Å². The van der Waals surface area contributed by atoms with Crippen molar-refractivity contribution >= 4 is 55.2 Å². The van der Waals surface area contributed by atoms with E-state index >= 15 is 0 Å². The molecule has 0 fully saturated rings. The number of amides is 1. The number of nitro groups is 1. The van der Waals surface area contributed by atoms with Crippen LogP contribution in [0.4, 0.5) is 15.8 Å². The van der Waals surface area contributed by atoms with Crippen molar-refractivity contribution < 1.29 is 18.5 Å². The lowest BCUT2D eigenvalue weighted by Gasteiger charge is -2.05. The number of nitro benzene ring substituents is 1. The third-order valence-corrected chi connectivity index (χ3v) is 5.04. The van der Waals surface area contributed by atoms with Gasteiger partial charge in [-0.1, -0.05) is 15.9 Å². The van der Waals surface area contributed by atoms with E-state index < -0.39 is 16.6 Å². The van der Waals surface area contributed by atoms with Crippen LogP contribution < -0.4 is 5.32 Å². The number of nitrogens with one attached hydrogen (secondary N) is 1. The molecule has 2 aromatic carbocycles. The molecule has 1 amide bonds. The predicted molar refractivity (Wildman–Crippen MR) is 115 cm³/mol. The summed E-state index contributed by atoms with van der Waals surface area (Å²) in [6.45, 7) is 0. The summed E-state index contributed by atoms with van der Waals surface area (Å²) in [5, 5.41) is 22.5. The minimum absolute atomic E-state index is 0.0701. The fraction of sp³-hybridized carbons (Fsp3) is 0. The lowest BCUT2D eigenvalue weighted by Crippen LogP contribution is -2.14. The number of benzene rings is 2. The maximum Gasteiger partial charge on any atom is 0.270 e. The third-order valence-electron chi connectivity index (χ3n) is 3.89. The average molecular weight is 535 g/mol. The molecule has 0 atom stereocenters. The number of furan rings is 1. The van der Waals surface area contributed by atoms with Crippen molar-refractivity contribution in [3.8, 4) is 17.4 Å². The highest BCUT2D eigenvalue weighted by molar-refractivity contribution is 9.10. The van der Waals surface area contributed by atoms with Crippen LogP contribution in [-0.2, 0) is 4.79 Å². The maximum absolute atomic E-state index is 13.9. The van der Waals surface area contributed by atoms with E-state index in [1.807, 2.05) is 0 Å². The molecular weight excluding hydrogens is 525 g/mol. The number of hydrogen-bond acceptors (Lipinski definition) is 5. The van der Waals surface area contributed by atoms with E-state index in [0.717, 1.165) is 0 Å². The molecule has 10 heteroatoms. The largest absolute Gasteiger partial charge is 0.457 e. The molecule has 0 aliphatic carbocycles. The Kier molecular flexibility index (Phi) is 6.44. The molecule has 30 heavy (non-hydrogen) atoms. The van der Waals surface area contributed by atoms with Gasteiger partial charge >= 0.3 is 0 Å². The van der Waals surface area contributed by atoms with E-state index in [9.17, 15) is 24.6 Å². The SMILES string of the molecule is N#C/C(=C\c1ccc(-c2ccc([N+](=O)[O-])cc2Br)o1)C(=O)Nc1ccc(Br)cc1F. The Morgan fingerprint density at radius 1 is 1.20 bits per heavy atom. The number of carbonyl (C=O) groups excluding carboxylic acids is 1. The number of non-ortho nitro benzene ring substituents is 1. The van der Waals surface area contributed by atoms with Crippen LogP contribution in [0, 0.1) is 27.3 Å². The first kappa shape index (κ1) is 21.4. The maximum atomic E-state index is 13.9. The lowest BCUT2D eigenvalue weighted by molar-refractivity contribution is -0.384. The van der Waals surface area contributed by atoms with Gasteiger partial charge in [0.25, 0.3) is 11.6 Å². The summed E-state index contributed by atoms with van der Waals surface area (Å²) in [4.78, 5) is 22.7. The Bertz CT molecular complexity index is 1230. The van der Waals surface area contributed by atoms with Gasteiger partial charge in [-0.25, -0.2) is 4.39 Å². The topological polar surface area (TPSA) is 109 Å². The molecule has 7 nitrogen and oxygen atoms in total. The number of halogens is 3. The van der Waals surface area contributed by atoms with Crippen molar-refractivity contribution in [2.24, 2.45) is 0 Å². The van der Waals surface area contributed by atoms with E-state index in [4.69, 9.17) is 4.42 Å². The van der Waals surface area contributed by atoms with Crippen molar-refractivity contribution in [3.63, 3.8) is 0 Å². The minimum atomic E-state index is -0.798. The van der Waals surface area contributed by atoms with Crippen LogP contribution in [0.15, 0.2) is 67.5 Å². The van der Waals surface area contributed by atoms with Gasteiger partial charge in [-0.3, -0.25) is 14.9 Å². The zero-order valence-corrected chi connectivity index (χ0v) is 18.0. The average Bonchev–Trinajstić information content (AvgIpc) is 3.16. The smallest absolute Gasteiger partial charge is 0.270 e. The van der Waals surface area contributed by atoms with E-state index in [1.165, 1.54) is 42.5 Å². The van der Waals surface area contributed by atoms with Gasteiger partial charge in [-0.15, -0.1) is 0 Å². The molecule has 0 saturated heterocycles. The molecular formula is C20H10Br2FN3O4. The number of hydrogen-bond donors (Lipinski definition) is 1. The van der Waals surface area contributed by atoms with Crippen LogP contribution in [0.3, 0.4) is 0 Å². The fourth-order valence-corrected chi connectivity index (χ4v) is 3.36. The van der Waals surface area contributed by atoms with Crippen molar-refractivity contribution in [3.05, 3.63) is 84.7 Å². The number of anilines is 1. The van der Waals surface area contributed by atoms with Gasteiger partial charge in [-0.05, 0) is 52.3 Å². The van der Waals surface area contributed by atoms with Crippen LogP contribution in [0.25, 0.3) is 17.4 Å². The Hall–Kier alpha value is -3.29. The zero-order valence-electron chi connectivity index (χ0n) is 14.9. The van der Waals surface area contributed by atoms with Gasteiger partial charge in [0.15, 0.2) is 0 Å². The van der Waals surface area contributed by atoms with E-state index in [1.54, 1.807) is 18.2 Å². The van der Waals surface area contributed by atoms with Gasteiger partial charge in [0.1, 0.15) is 29.0 Å². The number of carbonyl (C=O) groups is 1. The first-order valence-electron chi connectivity index (χ1n) is 8.21. The quantitative estimate of drug-likeness (QED) is 0.185. The van der Waals surface area contributed by atoms with Crippen molar-refractivity contribution in [2.75, 3.05) is 5.32 Å². The van der Waals surface area contributed by atoms with Gasteiger partial charge in [0, 0.05) is 32.7 Å². The summed E-state index contributed by atoms with van der Waals surface area (Å²) < 4.78 is 20.5. The van der Waals surface area contributed by atoms with E-state index in [-0.39, 0.29) is 22.7 Å². The minimum Gasteiger partial charge on any atom is -0.457 e. The first-order valence-corrected chi connectivity index (χ1v) is 9.79. The van der Waals surface area contributed by atoms with Crippen molar-refractivity contribution in [1.82, 2.24) is 0 Å². The molecule has 0 spiro atoms. The highest BCUT2D eigenvalue weighted by Crippen LogP contribution is 2.33. The Labute approximate surface area is 186 Å². The Balaban J connectivity index is 1.84. The summed E-state index contributed by atoms with van der Waals surface area (Å²) >= 11 is 6.38. The Morgan fingerprint density at radius 2 is 1.97 bits per heavy atom. The molecule has 150 valence electrons. The number of nitriles is 1. The van der Waals surface area contributed by atoms with Crippen LogP contribution in [0.1, 0.15) is 5.76 Å². The summed E-state index contributed by atoms with van der Waals surface area (Å²) in [6.07, 6.45) is 1.22. The normalized spacial score (nSPS) is 11.1. The molecule has 0 unspecified atom stereocenters.